The van der Waals surface area contributed by atoms with E-state index >= 15 is 0 Å². The monoisotopic (exact) mass is 387 g/mol. The maximum Gasteiger partial charge on any atom is 0.352 e. The van der Waals surface area contributed by atoms with Crippen molar-refractivity contribution in [2.45, 2.75) is 53.6 Å². The first-order valence-corrected chi connectivity index (χ1v) is 9.03. The molecule has 0 aliphatic rings. The van der Waals surface area contributed by atoms with Crippen LogP contribution in [0.4, 0.5) is 0 Å². The van der Waals surface area contributed by atoms with Crippen molar-refractivity contribution in [3.8, 4) is 0 Å². The SMILES string of the molecule is C=C(/C=C\C(=C)[I+]/C(=C/C=C(C)C)CC)OC(C)(C)C. The molecule has 0 amide bonds. The van der Waals surface area contributed by atoms with E-state index in [0.717, 1.165) is 6.42 Å². The highest BCUT2D eigenvalue weighted by molar-refractivity contribution is 5.18. The molecule has 2 heteroatoms. The van der Waals surface area contributed by atoms with E-state index in [4.69, 9.17) is 4.74 Å². The minimum absolute atomic E-state index is 0.163. The molecule has 0 heterocycles. The summed E-state index contributed by atoms with van der Waals surface area (Å²) in [4.78, 5) is 0. The summed E-state index contributed by atoms with van der Waals surface area (Å²) in [6.07, 6.45) is 9.46. The molecule has 0 aromatic rings. The Kier molecular flexibility index (Phi) is 8.86. The lowest BCUT2D eigenvalue weighted by Gasteiger charge is -2.20. The Morgan fingerprint density at radius 1 is 1.10 bits per heavy atom. The van der Waals surface area contributed by atoms with E-state index in [1.807, 2.05) is 32.9 Å². The van der Waals surface area contributed by atoms with Crippen LogP contribution in [0.15, 0.2) is 56.0 Å². The minimum Gasteiger partial charge on any atom is -0.489 e. The normalized spacial score (nSPS) is 12.4. The van der Waals surface area contributed by atoms with Gasteiger partial charge in [-0.05, 0) is 59.4 Å². The zero-order chi connectivity index (χ0) is 15.8. The summed E-state index contributed by atoms with van der Waals surface area (Å²) in [6, 6.07) is 0. The van der Waals surface area contributed by atoms with Crippen LogP contribution in [0.2, 0.25) is 0 Å². The molecule has 0 aromatic heterocycles. The maximum absolute atomic E-state index is 5.66. The van der Waals surface area contributed by atoms with Crippen molar-refractivity contribution in [2.24, 2.45) is 0 Å². The molecule has 0 aliphatic carbocycles. The predicted molar refractivity (Wildman–Crippen MR) is 86.1 cm³/mol. The Bertz CT molecular complexity index is 427. The van der Waals surface area contributed by atoms with E-state index in [1.54, 1.807) is 0 Å². The van der Waals surface area contributed by atoms with Crippen molar-refractivity contribution in [3.63, 3.8) is 0 Å². The highest BCUT2D eigenvalue weighted by atomic mass is 127. The average Bonchev–Trinajstić information content (AvgIpc) is 2.29. The Balaban J connectivity index is 4.51. The minimum atomic E-state index is -0.199. The second-order valence-electron chi connectivity index (χ2n) is 5.77. The van der Waals surface area contributed by atoms with Crippen LogP contribution in [0, 0.1) is 0 Å². The topological polar surface area (TPSA) is 9.23 Å². The molecule has 0 aliphatic heterocycles. The number of hydrogen-bond donors (Lipinski definition) is 0. The van der Waals surface area contributed by atoms with Gasteiger partial charge in [-0.2, -0.15) is 0 Å². The van der Waals surface area contributed by atoms with Crippen molar-refractivity contribution in [2.75, 3.05) is 0 Å². The lowest BCUT2D eigenvalue weighted by Crippen LogP contribution is -3.60. The summed E-state index contributed by atoms with van der Waals surface area (Å²) < 4.78 is 8.33. The molecule has 20 heavy (non-hydrogen) atoms. The van der Waals surface area contributed by atoms with Crippen LogP contribution in [-0.4, -0.2) is 5.60 Å². The Labute approximate surface area is 135 Å². The van der Waals surface area contributed by atoms with E-state index in [9.17, 15) is 0 Å². The molecule has 0 spiro atoms. The van der Waals surface area contributed by atoms with Crippen LogP contribution in [0.3, 0.4) is 0 Å². The van der Waals surface area contributed by atoms with E-state index in [0.29, 0.717) is 5.76 Å². The lowest BCUT2D eigenvalue weighted by molar-refractivity contribution is -0.551. The van der Waals surface area contributed by atoms with Crippen LogP contribution in [0.25, 0.3) is 0 Å². The first-order valence-electron chi connectivity index (χ1n) is 6.88. The van der Waals surface area contributed by atoms with Crippen molar-refractivity contribution in [3.05, 3.63) is 56.0 Å². The van der Waals surface area contributed by atoms with Gasteiger partial charge in [0.05, 0.1) is 0 Å². The van der Waals surface area contributed by atoms with Gasteiger partial charge in [-0.1, -0.05) is 25.2 Å². The summed E-state index contributed by atoms with van der Waals surface area (Å²) in [5.74, 6) is 0.689. The number of hydrogen-bond acceptors (Lipinski definition) is 1. The summed E-state index contributed by atoms with van der Waals surface area (Å²) >= 11 is -0.163. The highest BCUT2D eigenvalue weighted by Gasteiger charge is 2.16. The molecule has 0 bridgehead atoms. The highest BCUT2D eigenvalue weighted by Crippen LogP contribution is 2.12. The fraction of sp³-hybridized carbons (Fsp3) is 0.444. The predicted octanol–water partition coefficient (Wildman–Crippen LogP) is 2.73. The van der Waals surface area contributed by atoms with Gasteiger partial charge in [0.25, 0.3) is 0 Å². The Morgan fingerprint density at radius 3 is 2.15 bits per heavy atom. The molecule has 1 nitrogen and oxygen atoms in total. The molecule has 0 aromatic carbocycles. The first-order chi connectivity index (χ1) is 9.14. The summed E-state index contributed by atoms with van der Waals surface area (Å²) in [6.45, 7) is 20.5. The smallest absolute Gasteiger partial charge is 0.352 e. The molecule has 0 radical (unpaired) electrons. The summed E-state index contributed by atoms with van der Waals surface area (Å²) in [5, 5.41) is 0. The fourth-order valence-electron chi connectivity index (χ4n) is 1.27. The van der Waals surface area contributed by atoms with E-state index < -0.39 is 0 Å². The third kappa shape index (κ3) is 11.1. The third-order valence-electron chi connectivity index (χ3n) is 2.07. The molecular weight excluding hydrogens is 359 g/mol. The van der Waals surface area contributed by atoms with Gasteiger partial charge in [0.1, 0.15) is 11.4 Å². The van der Waals surface area contributed by atoms with Crippen LogP contribution >= 0.6 is 0 Å². The zero-order valence-corrected chi connectivity index (χ0v) is 15.9. The van der Waals surface area contributed by atoms with E-state index in [1.165, 1.54) is 12.7 Å². The quantitative estimate of drug-likeness (QED) is 0.371. The first kappa shape index (κ1) is 19.2. The van der Waals surface area contributed by atoms with E-state index in [2.05, 4.69) is 46.1 Å². The summed E-state index contributed by atoms with van der Waals surface area (Å²) in [7, 11) is 0. The van der Waals surface area contributed by atoms with Gasteiger partial charge in [0.2, 0.25) is 0 Å². The van der Waals surface area contributed by atoms with Crippen LogP contribution in [-0.2, 0) is 4.74 Å². The molecule has 0 unspecified atom stereocenters. The molecule has 0 saturated heterocycles. The van der Waals surface area contributed by atoms with Crippen LogP contribution in [0.5, 0.6) is 0 Å². The summed E-state index contributed by atoms with van der Waals surface area (Å²) in [5.41, 5.74) is 1.13. The van der Waals surface area contributed by atoms with Gasteiger partial charge in [0, 0.05) is 6.42 Å². The average molecular weight is 387 g/mol. The molecule has 0 rings (SSSR count). The number of ether oxygens (including phenoxy) is 1. The molecule has 0 atom stereocenters. The van der Waals surface area contributed by atoms with Gasteiger partial charge in [-0.3, -0.25) is 0 Å². The molecule has 0 fully saturated rings. The molecular formula is C18H28IO+. The van der Waals surface area contributed by atoms with Gasteiger partial charge in [0.15, 0.2) is 7.16 Å². The van der Waals surface area contributed by atoms with Crippen molar-refractivity contribution >= 4 is 0 Å². The van der Waals surface area contributed by atoms with Crippen molar-refractivity contribution < 1.29 is 25.9 Å². The number of rotatable bonds is 7. The zero-order valence-electron chi connectivity index (χ0n) is 13.7. The largest absolute Gasteiger partial charge is 0.489 e. The second kappa shape index (κ2) is 9.22. The molecule has 0 N–H and O–H groups in total. The van der Waals surface area contributed by atoms with Crippen LogP contribution in [0.1, 0.15) is 48.0 Å². The lowest BCUT2D eigenvalue weighted by atomic mass is 10.2. The number of halogens is 1. The molecule has 112 valence electrons. The van der Waals surface area contributed by atoms with Gasteiger partial charge >= 0.3 is 21.2 Å². The Hall–Kier alpha value is -0.770. The second-order valence-corrected chi connectivity index (χ2v) is 9.08. The van der Waals surface area contributed by atoms with Gasteiger partial charge in [-0.15, -0.1) is 0 Å². The number of allylic oxidation sites excluding steroid dienone is 7. The Morgan fingerprint density at radius 2 is 1.70 bits per heavy atom. The van der Waals surface area contributed by atoms with Crippen LogP contribution < -0.4 is 21.2 Å². The van der Waals surface area contributed by atoms with Gasteiger partial charge in [-0.25, -0.2) is 0 Å². The maximum atomic E-state index is 5.66. The third-order valence-corrected chi connectivity index (χ3v) is 4.93. The van der Waals surface area contributed by atoms with Gasteiger partial charge < -0.3 is 4.74 Å². The van der Waals surface area contributed by atoms with Crippen molar-refractivity contribution in [1.29, 1.82) is 0 Å². The standard InChI is InChI=1S/C18H28IO/c1-9-17(13-10-14(2)3)19-15(4)11-12-16(5)20-18(6,7)8/h10-13H,4-5,9H2,1-3,6-8H3/q+1/b12-11-,17-13+. The molecule has 0 saturated carbocycles. The van der Waals surface area contributed by atoms with E-state index in [-0.39, 0.29) is 26.8 Å². The fourth-order valence-corrected chi connectivity index (χ4v) is 3.26. The van der Waals surface area contributed by atoms with Crippen molar-refractivity contribution in [1.82, 2.24) is 0 Å².